The molecule has 0 radical (unpaired) electrons. The van der Waals surface area contributed by atoms with Crippen LogP contribution in [0.5, 0.6) is 0 Å². The highest BCUT2D eigenvalue weighted by Crippen LogP contribution is 2.01. The Morgan fingerprint density at radius 2 is 2.60 bits per heavy atom. The minimum atomic E-state index is -0.0818. The SMILES string of the molecule is CC(=O)N1NNC=C1CN. The number of hydrazine groups is 2. The molecule has 10 heavy (non-hydrogen) atoms. The van der Waals surface area contributed by atoms with Crippen LogP contribution in [0.15, 0.2) is 11.9 Å². The van der Waals surface area contributed by atoms with Gasteiger partial charge in [0.05, 0.1) is 5.70 Å². The normalized spacial score (nSPS) is 16.6. The van der Waals surface area contributed by atoms with Crippen LogP contribution in [0.4, 0.5) is 0 Å². The van der Waals surface area contributed by atoms with Crippen molar-refractivity contribution in [3.05, 3.63) is 11.9 Å². The number of amides is 1. The minimum absolute atomic E-state index is 0.0818. The highest BCUT2D eigenvalue weighted by Gasteiger charge is 2.16. The second-order valence-corrected chi connectivity index (χ2v) is 1.95. The first-order valence-electron chi connectivity index (χ1n) is 2.96. The molecule has 0 spiro atoms. The van der Waals surface area contributed by atoms with E-state index in [0.717, 1.165) is 5.70 Å². The average molecular weight is 142 g/mol. The molecule has 0 fully saturated rings. The fourth-order valence-corrected chi connectivity index (χ4v) is 0.748. The third-order valence-corrected chi connectivity index (χ3v) is 1.23. The van der Waals surface area contributed by atoms with E-state index in [1.54, 1.807) is 6.20 Å². The van der Waals surface area contributed by atoms with Crippen molar-refractivity contribution < 1.29 is 4.79 Å². The smallest absolute Gasteiger partial charge is 0.239 e. The second kappa shape index (κ2) is 2.68. The summed E-state index contributed by atoms with van der Waals surface area (Å²) in [7, 11) is 0. The summed E-state index contributed by atoms with van der Waals surface area (Å²) < 4.78 is 0. The highest BCUT2D eigenvalue weighted by molar-refractivity contribution is 5.75. The summed E-state index contributed by atoms with van der Waals surface area (Å²) in [6.07, 6.45) is 1.65. The van der Waals surface area contributed by atoms with Crippen LogP contribution in [0.1, 0.15) is 6.92 Å². The van der Waals surface area contributed by atoms with Crippen molar-refractivity contribution >= 4 is 5.91 Å². The zero-order valence-corrected chi connectivity index (χ0v) is 5.72. The molecule has 56 valence electrons. The van der Waals surface area contributed by atoms with Gasteiger partial charge in [0.2, 0.25) is 5.91 Å². The summed E-state index contributed by atoms with van der Waals surface area (Å²) in [6, 6.07) is 0. The number of nitrogens with zero attached hydrogens (tertiary/aromatic N) is 1. The molecule has 1 aliphatic rings. The molecule has 0 bridgehead atoms. The lowest BCUT2D eigenvalue weighted by molar-refractivity contribution is -0.129. The maximum atomic E-state index is 10.7. The lowest BCUT2D eigenvalue weighted by Gasteiger charge is -2.14. The Bertz CT molecular complexity index is 176. The molecule has 0 aromatic rings. The second-order valence-electron chi connectivity index (χ2n) is 1.95. The molecule has 0 unspecified atom stereocenters. The summed E-state index contributed by atoms with van der Waals surface area (Å²) in [5.74, 6) is -0.0818. The van der Waals surface area contributed by atoms with Crippen molar-refractivity contribution in [3.8, 4) is 0 Å². The van der Waals surface area contributed by atoms with Crippen molar-refractivity contribution in [1.29, 1.82) is 0 Å². The third kappa shape index (κ3) is 1.09. The maximum Gasteiger partial charge on any atom is 0.239 e. The Kier molecular flexibility index (Phi) is 1.88. The number of rotatable bonds is 1. The van der Waals surface area contributed by atoms with Gasteiger partial charge in [-0.15, -0.1) is 5.53 Å². The van der Waals surface area contributed by atoms with Crippen molar-refractivity contribution in [2.45, 2.75) is 6.92 Å². The van der Waals surface area contributed by atoms with Gasteiger partial charge in [0.15, 0.2) is 0 Å². The van der Waals surface area contributed by atoms with Crippen molar-refractivity contribution in [2.75, 3.05) is 6.54 Å². The molecule has 0 saturated carbocycles. The Hall–Kier alpha value is -1.07. The van der Waals surface area contributed by atoms with Crippen molar-refractivity contribution in [2.24, 2.45) is 5.73 Å². The van der Waals surface area contributed by atoms with Gasteiger partial charge in [0.1, 0.15) is 0 Å². The number of nitrogens with two attached hydrogens (primary N) is 1. The largest absolute Gasteiger partial charge is 0.325 e. The lowest BCUT2D eigenvalue weighted by Crippen LogP contribution is -2.41. The quantitative estimate of drug-likeness (QED) is 0.423. The molecule has 0 aromatic carbocycles. The van der Waals surface area contributed by atoms with Crippen LogP contribution in [-0.2, 0) is 4.79 Å². The molecule has 5 heteroatoms. The zero-order chi connectivity index (χ0) is 7.56. The van der Waals surface area contributed by atoms with E-state index in [1.165, 1.54) is 11.9 Å². The molecule has 1 rings (SSSR count). The van der Waals surface area contributed by atoms with Crippen LogP contribution < -0.4 is 16.7 Å². The summed E-state index contributed by atoms with van der Waals surface area (Å²) >= 11 is 0. The molecule has 5 nitrogen and oxygen atoms in total. The molecule has 4 N–H and O–H groups in total. The van der Waals surface area contributed by atoms with E-state index in [2.05, 4.69) is 11.0 Å². The molecule has 1 heterocycles. The van der Waals surface area contributed by atoms with E-state index in [-0.39, 0.29) is 5.91 Å². The molecular weight excluding hydrogens is 132 g/mol. The molecular formula is C5H10N4O. The van der Waals surface area contributed by atoms with Gasteiger partial charge in [-0.3, -0.25) is 4.79 Å². The average Bonchev–Trinajstić information content (AvgIpc) is 2.33. The van der Waals surface area contributed by atoms with Crippen molar-refractivity contribution in [3.63, 3.8) is 0 Å². The lowest BCUT2D eigenvalue weighted by atomic mass is 10.4. The summed E-state index contributed by atoms with van der Waals surface area (Å²) in [5.41, 5.74) is 11.3. The van der Waals surface area contributed by atoms with Crippen molar-refractivity contribution in [1.82, 2.24) is 16.0 Å². The van der Waals surface area contributed by atoms with Gasteiger partial charge in [-0.25, -0.2) is 5.01 Å². The van der Waals surface area contributed by atoms with Crippen LogP contribution in [0.25, 0.3) is 0 Å². The third-order valence-electron chi connectivity index (χ3n) is 1.23. The Labute approximate surface area is 58.8 Å². The van der Waals surface area contributed by atoms with E-state index < -0.39 is 0 Å². The molecule has 0 aromatic heterocycles. The van der Waals surface area contributed by atoms with Crippen LogP contribution >= 0.6 is 0 Å². The maximum absolute atomic E-state index is 10.7. The van der Waals surface area contributed by atoms with Gasteiger partial charge in [0, 0.05) is 19.7 Å². The molecule has 0 atom stereocenters. The number of carbonyl (C=O) groups excluding carboxylic acids is 1. The predicted octanol–water partition coefficient (Wildman–Crippen LogP) is -1.34. The van der Waals surface area contributed by atoms with Crippen LogP contribution in [0.2, 0.25) is 0 Å². The van der Waals surface area contributed by atoms with Gasteiger partial charge in [-0.05, 0) is 0 Å². The highest BCUT2D eigenvalue weighted by atomic mass is 16.2. The van der Waals surface area contributed by atoms with Gasteiger partial charge < -0.3 is 11.2 Å². The van der Waals surface area contributed by atoms with Gasteiger partial charge in [0.25, 0.3) is 0 Å². The van der Waals surface area contributed by atoms with Gasteiger partial charge in [-0.2, -0.15) is 0 Å². The molecule has 1 amide bonds. The topological polar surface area (TPSA) is 70.4 Å². The minimum Gasteiger partial charge on any atom is -0.325 e. The number of hydrogen-bond acceptors (Lipinski definition) is 4. The fraction of sp³-hybridized carbons (Fsp3) is 0.400. The molecule has 1 aliphatic heterocycles. The monoisotopic (exact) mass is 142 g/mol. The van der Waals surface area contributed by atoms with Gasteiger partial charge >= 0.3 is 0 Å². The van der Waals surface area contributed by atoms with E-state index in [9.17, 15) is 4.79 Å². The molecule has 0 saturated heterocycles. The number of hydrogen-bond donors (Lipinski definition) is 3. The standard InChI is InChI=1S/C5H10N4O/c1-4(10)9-5(2-6)3-7-8-9/h3,7-8H,2,6H2,1H3. The first-order chi connectivity index (χ1) is 4.75. The van der Waals surface area contributed by atoms with E-state index >= 15 is 0 Å². The zero-order valence-electron chi connectivity index (χ0n) is 5.72. The Morgan fingerprint density at radius 1 is 1.90 bits per heavy atom. The van der Waals surface area contributed by atoms with E-state index in [1.807, 2.05) is 0 Å². The van der Waals surface area contributed by atoms with E-state index in [4.69, 9.17) is 5.73 Å². The first kappa shape index (κ1) is 7.04. The molecule has 0 aliphatic carbocycles. The summed E-state index contributed by atoms with van der Waals surface area (Å²) in [5, 5.41) is 1.36. The Balaban J connectivity index is 2.63. The van der Waals surface area contributed by atoms with Crippen LogP contribution in [0.3, 0.4) is 0 Å². The van der Waals surface area contributed by atoms with Gasteiger partial charge in [-0.1, -0.05) is 0 Å². The number of carbonyl (C=O) groups is 1. The first-order valence-corrected chi connectivity index (χ1v) is 2.96. The van der Waals surface area contributed by atoms with Crippen LogP contribution in [0, 0.1) is 0 Å². The predicted molar refractivity (Wildman–Crippen MR) is 35.9 cm³/mol. The summed E-state index contributed by atoms with van der Waals surface area (Å²) in [6.45, 7) is 1.81. The van der Waals surface area contributed by atoms with Crippen LogP contribution in [-0.4, -0.2) is 17.5 Å². The fourth-order valence-electron chi connectivity index (χ4n) is 0.748. The summed E-state index contributed by atoms with van der Waals surface area (Å²) in [4.78, 5) is 10.7. The Morgan fingerprint density at radius 3 is 3.00 bits per heavy atom. The van der Waals surface area contributed by atoms with E-state index in [0.29, 0.717) is 6.54 Å². The number of nitrogens with one attached hydrogen (secondary N) is 2.